The molecule has 0 radical (unpaired) electrons. The zero-order valence-electron chi connectivity index (χ0n) is 11.1. The molecule has 2 aromatic rings. The van der Waals surface area contributed by atoms with Gasteiger partial charge >= 0.3 is 0 Å². The van der Waals surface area contributed by atoms with Gasteiger partial charge in [-0.1, -0.05) is 23.8 Å². The lowest BCUT2D eigenvalue weighted by Gasteiger charge is -2.15. The summed E-state index contributed by atoms with van der Waals surface area (Å²) in [6, 6.07) is 8.24. The van der Waals surface area contributed by atoms with E-state index in [1.807, 2.05) is 32.0 Å². The summed E-state index contributed by atoms with van der Waals surface area (Å²) in [6.45, 7) is 5.49. The van der Waals surface area contributed by atoms with Crippen LogP contribution in [0.25, 0.3) is 0 Å². The molecule has 2 aromatic carbocycles. The largest absolute Gasteiger partial charge is 0.207 e. The van der Waals surface area contributed by atoms with Gasteiger partial charge in [-0.3, -0.25) is 0 Å². The van der Waals surface area contributed by atoms with Gasteiger partial charge in [0, 0.05) is 11.6 Å². The zero-order chi connectivity index (χ0) is 14.2. The molecule has 0 saturated carbocycles. The lowest BCUT2D eigenvalue weighted by atomic mass is 9.96. The molecule has 0 nitrogen and oxygen atoms in total. The third kappa shape index (κ3) is 2.79. The molecule has 0 N–H and O–H groups in total. The van der Waals surface area contributed by atoms with E-state index in [4.69, 9.17) is 11.6 Å². The van der Waals surface area contributed by atoms with Crippen molar-refractivity contribution in [2.75, 3.05) is 0 Å². The molecule has 0 saturated heterocycles. The van der Waals surface area contributed by atoms with E-state index in [2.05, 4.69) is 0 Å². The minimum absolute atomic E-state index is 0.314. The van der Waals surface area contributed by atoms with E-state index in [9.17, 15) is 8.78 Å². The van der Waals surface area contributed by atoms with Crippen LogP contribution in [0.15, 0.2) is 30.3 Å². The standard InChI is InChI=1S/C16H15ClF2/c1-9-4-5-10(2)12(6-9)16(17)13-7-11(3)14(18)8-15(13)19/h4-8,16H,1-3H3. The first kappa shape index (κ1) is 14.0. The first-order chi connectivity index (χ1) is 8.90. The van der Waals surface area contributed by atoms with Crippen molar-refractivity contribution in [2.24, 2.45) is 0 Å². The number of rotatable bonds is 2. The molecule has 0 heterocycles. The van der Waals surface area contributed by atoms with Gasteiger partial charge in [0.15, 0.2) is 0 Å². The average Bonchev–Trinajstić information content (AvgIpc) is 2.36. The predicted octanol–water partition coefficient (Wildman–Crippen LogP) is 5.22. The van der Waals surface area contributed by atoms with Crippen LogP contribution in [0.2, 0.25) is 0 Å². The third-order valence-electron chi connectivity index (χ3n) is 3.26. The monoisotopic (exact) mass is 280 g/mol. The van der Waals surface area contributed by atoms with Crippen LogP contribution in [0.5, 0.6) is 0 Å². The summed E-state index contributed by atoms with van der Waals surface area (Å²) in [4.78, 5) is 0. The van der Waals surface area contributed by atoms with Crippen molar-refractivity contribution in [1.82, 2.24) is 0 Å². The average molecular weight is 281 g/mol. The van der Waals surface area contributed by atoms with Gasteiger partial charge in [-0.15, -0.1) is 11.6 Å². The Balaban J connectivity index is 2.52. The highest BCUT2D eigenvalue weighted by Crippen LogP contribution is 2.34. The van der Waals surface area contributed by atoms with Crippen LogP contribution in [0.3, 0.4) is 0 Å². The number of hydrogen-bond donors (Lipinski definition) is 0. The summed E-state index contributed by atoms with van der Waals surface area (Å²) in [6.07, 6.45) is 0. The van der Waals surface area contributed by atoms with Gasteiger partial charge in [-0.05, 0) is 43.5 Å². The highest BCUT2D eigenvalue weighted by molar-refractivity contribution is 6.22. The molecule has 0 aliphatic heterocycles. The van der Waals surface area contributed by atoms with E-state index in [0.29, 0.717) is 11.1 Å². The van der Waals surface area contributed by atoms with Crippen molar-refractivity contribution in [2.45, 2.75) is 26.1 Å². The third-order valence-corrected chi connectivity index (χ3v) is 3.73. The molecular formula is C16H15ClF2. The van der Waals surface area contributed by atoms with Crippen molar-refractivity contribution in [1.29, 1.82) is 0 Å². The van der Waals surface area contributed by atoms with Gasteiger partial charge in [0.05, 0.1) is 5.38 Å². The van der Waals surface area contributed by atoms with Gasteiger partial charge in [-0.2, -0.15) is 0 Å². The lowest BCUT2D eigenvalue weighted by Crippen LogP contribution is -2.02. The fraction of sp³-hybridized carbons (Fsp3) is 0.250. The maximum atomic E-state index is 13.9. The van der Waals surface area contributed by atoms with Gasteiger partial charge < -0.3 is 0 Å². The van der Waals surface area contributed by atoms with Gasteiger partial charge in [0.25, 0.3) is 0 Å². The van der Waals surface area contributed by atoms with Crippen molar-refractivity contribution < 1.29 is 8.78 Å². The number of aryl methyl sites for hydroxylation is 3. The second-order valence-electron chi connectivity index (χ2n) is 4.85. The van der Waals surface area contributed by atoms with Crippen LogP contribution in [0, 0.1) is 32.4 Å². The lowest BCUT2D eigenvalue weighted by molar-refractivity contribution is 0.568. The Morgan fingerprint density at radius 3 is 2.21 bits per heavy atom. The van der Waals surface area contributed by atoms with Gasteiger partial charge in [-0.25, -0.2) is 8.78 Å². The van der Waals surface area contributed by atoms with Crippen LogP contribution in [-0.4, -0.2) is 0 Å². The fourth-order valence-electron chi connectivity index (χ4n) is 2.07. The summed E-state index contributed by atoms with van der Waals surface area (Å²) in [5, 5.41) is -0.612. The minimum Gasteiger partial charge on any atom is -0.207 e. The minimum atomic E-state index is -0.612. The molecule has 0 fully saturated rings. The molecule has 100 valence electrons. The molecule has 0 aliphatic rings. The molecule has 2 rings (SSSR count). The van der Waals surface area contributed by atoms with E-state index in [1.165, 1.54) is 6.07 Å². The SMILES string of the molecule is Cc1ccc(C)c(C(Cl)c2cc(C)c(F)cc2F)c1. The Hall–Kier alpha value is -1.41. The quantitative estimate of drug-likeness (QED) is 0.662. The second kappa shape index (κ2) is 5.30. The summed E-state index contributed by atoms with van der Waals surface area (Å²) < 4.78 is 27.2. The summed E-state index contributed by atoms with van der Waals surface area (Å²) in [5.41, 5.74) is 3.62. The Kier molecular flexibility index (Phi) is 3.91. The zero-order valence-corrected chi connectivity index (χ0v) is 11.9. The molecule has 0 aromatic heterocycles. The van der Waals surface area contributed by atoms with Crippen molar-refractivity contribution in [3.8, 4) is 0 Å². The van der Waals surface area contributed by atoms with E-state index >= 15 is 0 Å². The summed E-state index contributed by atoms with van der Waals surface area (Å²) in [5.74, 6) is -1.16. The van der Waals surface area contributed by atoms with Crippen LogP contribution in [0.4, 0.5) is 8.78 Å². The molecular weight excluding hydrogens is 266 g/mol. The fourth-order valence-corrected chi connectivity index (χ4v) is 2.48. The second-order valence-corrected chi connectivity index (χ2v) is 5.28. The van der Waals surface area contributed by atoms with Crippen LogP contribution in [0.1, 0.15) is 33.2 Å². The number of halogens is 3. The molecule has 1 atom stereocenters. The van der Waals surface area contributed by atoms with Gasteiger partial charge in [0.2, 0.25) is 0 Å². The Labute approximate surface area is 117 Å². The van der Waals surface area contributed by atoms with Crippen molar-refractivity contribution >= 4 is 11.6 Å². The Morgan fingerprint density at radius 2 is 1.53 bits per heavy atom. The van der Waals surface area contributed by atoms with Crippen molar-refractivity contribution in [3.63, 3.8) is 0 Å². The van der Waals surface area contributed by atoms with Crippen molar-refractivity contribution in [3.05, 3.63) is 69.8 Å². The van der Waals surface area contributed by atoms with E-state index in [1.54, 1.807) is 6.92 Å². The van der Waals surface area contributed by atoms with E-state index < -0.39 is 17.0 Å². The van der Waals surface area contributed by atoms with Crippen LogP contribution in [-0.2, 0) is 0 Å². The molecule has 0 amide bonds. The molecule has 0 spiro atoms. The molecule has 3 heteroatoms. The normalized spacial score (nSPS) is 12.5. The molecule has 19 heavy (non-hydrogen) atoms. The van der Waals surface area contributed by atoms with Crippen LogP contribution < -0.4 is 0 Å². The maximum absolute atomic E-state index is 13.9. The highest BCUT2D eigenvalue weighted by Gasteiger charge is 2.19. The maximum Gasteiger partial charge on any atom is 0.131 e. The first-order valence-corrected chi connectivity index (χ1v) is 6.50. The number of alkyl halides is 1. The first-order valence-electron chi connectivity index (χ1n) is 6.07. The topological polar surface area (TPSA) is 0 Å². The van der Waals surface area contributed by atoms with Crippen LogP contribution >= 0.6 is 11.6 Å². The Bertz CT molecular complexity index is 620. The smallest absolute Gasteiger partial charge is 0.131 e. The van der Waals surface area contributed by atoms with Gasteiger partial charge in [0.1, 0.15) is 11.6 Å². The molecule has 0 aliphatic carbocycles. The summed E-state index contributed by atoms with van der Waals surface area (Å²) in [7, 11) is 0. The van der Waals surface area contributed by atoms with E-state index in [-0.39, 0.29) is 0 Å². The van der Waals surface area contributed by atoms with E-state index in [0.717, 1.165) is 22.8 Å². The highest BCUT2D eigenvalue weighted by atomic mass is 35.5. The number of hydrogen-bond acceptors (Lipinski definition) is 0. The predicted molar refractivity (Wildman–Crippen MR) is 74.7 cm³/mol. The Morgan fingerprint density at radius 1 is 0.842 bits per heavy atom. The summed E-state index contributed by atoms with van der Waals surface area (Å²) >= 11 is 6.38. The molecule has 0 bridgehead atoms. The number of benzene rings is 2. The molecule has 1 unspecified atom stereocenters.